The first-order chi connectivity index (χ1) is 13.8. The summed E-state index contributed by atoms with van der Waals surface area (Å²) in [5.74, 6) is -4.33. The highest BCUT2D eigenvalue weighted by Crippen LogP contribution is 2.50. The summed E-state index contributed by atoms with van der Waals surface area (Å²) < 4.78 is 29.1. The van der Waals surface area contributed by atoms with E-state index in [-0.39, 0.29) is 29.9 Å². The maximum Gasteiger partial charge on any atom is 0.326 e. The topological polar surface area (TPSA) is 101 Å². The molecule has 0 aromatic heterocycles. The summed E-state index contributed by atoms with van der Waals surface area (Å²) in [6, 6.07) is 10.1. The minimum atomic E-state index is -3.04. The quantitative estimate of drug-likeness (QED) is 0.771. The predicted molar refractivity (Wildman–Crippen MR) is 101 cm³/mol. The smallest absolute Gasteiger partial charge is 0.326 e. The van der Waals surface area contributed by atoms with Crippen LogP contribution in [0.4, 0.5) is 8.78 Å². The molecule has 2 aromatic rings. The van der Waals surface area contributed by atoms with E-state index in [0.717, 1.165) is 0 Å². The van der Waals surface area contributed by atoms with Crippen LogP contribution in [0.1, 0.15) is 29.5 Å². The number of nitrogens with zero attached hydrogens (tertiary/aromatic N) is 1. The molecule has 3 N–H and O–H groups in total. The number of hydrogen-bond donors (Lipinski definition) is 2. The van der Waals surface area contributed by atoms with E-state index in [4.69, 9.17) is 4.79 Å². The number of primary amides is 1. The Kier molecular flexibility index (Phi) is 5.63. The Bertz CT molecular complexity index is 961. The van der Waals surface area contributed by atoms with Gasteiger partial charge in [0.15, 0.2) is 0 Å². The SMILES string of the molecule is NC=O.O=C(O)C1CCCN1C(=O)Cc1ccc2c(c1)-c1ccccc1C2(F)F. The van der Waals surface area contributed by atoms with Crippen LogP contribution < -0.4 is 5.73 Å². The number of hydrogen-bond acceptors (Lipinski definition) is 3. The Labute approximate surface area is 165 Å². The van der Waals surface area contributed by atoms with E-state index in [0.29, 0.717) is 36.1 Å². The lowest BCUT2D eigenvalue weighted by molar-refractivity contribution is -0.148. The number of halogens is 2. The molecular formula is C21H20F2N2O4. The fraction of sp³-hybridized carbons (Fsp3) is 0.286. The molecule has 1 saturated heterocycles. The zero-order valence-electron chi connectivity index (χ0n) is 15.5. The Hall–Kier alpha value is -3.29. The molecule has 4 rings (SSSR count). The number of benzene rings is 2. The van der Waals surface area contributed by atoms with Crippen LogP contribution in [0.25, 0.3) is 11.1 Å². The predicted octanol–water partition coefficient (Wildman–Crippen LogP) is 2.53. The Morgan fingerprint density at radius 3 is 2.52 bits per heavy atom. The third kappa shape index (κ3) is 3.70. The molecule has 1 aliphatic heterocycles. The number of amides is 2. The summed E-state index contributed by atoms with van der Waals surface area (Å²) in [6.07, 6.45) is 1.36. The van der Waals surface area contributed by atoms with Gasteiger partial charge < -0.3 is 15.7 Å². The van der Waals surface area contributed by atoms with Crippen LogP contribution in [-0.2, 0) is 26.7 Å². The second-order valence-corrected chi connectivity index (χ2v) is 6.90. The van der Waals surface area contributed by atoms with Crippen molar-refractivity contribution in [2.24, 2.45) is 5.73 Å². The number of aliphatic carboxylic acids is 1. The summed E-state index contributed by atoms with van der Waals surface area (Å²) in [5.41, 5.74) is 5.61. The average Bonchev–Trinajstić information content (AvgIpc) is 3.26. The number of nitrogens with two attached hydrogens (primary N) is 1. The van der Waals surface area contributed by atoms with Crippen LogP contribution in [0.3, 0.4) is 0 Å². The number of likely N-dealkylation sites (tertiary alicyclic amines) is 1. The molecule has 2 amide bonds. The largest absolute Gasteiger partial charge is 0.480 e. The van der Waals surface area contributed by atoms with E-state index in [1.54, 1.807) is 24.3 Å². The van der Waals surface area contributed by atoms with Gasteiger partial charge in [0.1, 0.15) is 6.04 Å². The lowest BCUT2D eigenvalue weighted by Crippen LogP contribution is -2.41. The molecule has 1 unspecified atom stereocenters. The van der Waals surface area contributed by atoms with Crippen molar-refractivity contribution < 1.29 is 28.3 Å². The minimum absolute atomic E-state index is 0.00476. The molecule has 2 aromatic carbocycles. The van der Waals surface area contributed by atoms with E-state index >= 15 is 0 Å². The highest BCUT2D eigenvalue weighted by atomic mass is 19.3. The van der Waals surface area contributed by atoms with Gasteiger partial charge in [-0.3, -0.25) is 9.59 Å². The van der Waals surface area contributed by atoms with Crippen LogP contribution in [0.5, 0.6) is 0 Å². The molecule has 2 aliphatic rings. The number of rotatable bonds is 3. The first-order valence-corrected chi connectivity index (χ1v) is 9.10. The zero-order chi connectivity index (χ0) is 21.2. The standard InChI is InChI=1S/C20H17F2NO3.CH3NO/c21-20(22)15-5-2-1-4-13(15)14-10-12(7-8-16(14)20)11-18(24)23-9-3-6-17(23)19(25)26;2-1-3/h1-2,4-5,7-8,10,17H,3,6,9,11H2,(H,25,26);1H,(H2,2,3). The number of alkyl halides is 2. The van der Waals surface area contributed by atoms with Gasteiger partial charge in [-0.2, -0.15) is 8.78 Å². The maximum atomic E-state index is 14.6. The average molecular weight is 402 g/mol. The molecule has 1 fully saturated rings. The van der Waals surface area contributed by atoms with Crippen molar-refractivity contribution in [3.05, 3.63) is 59.2 Å². The summed E-state index contributed by atoms with van der Waals surface area (Å²) in [7, 11) is 0. The molecule has 0 saturated carbocycles. The summed E-state index contributed by atoms with van der Waals surface area (Å²) in [4.78, 5) is 33.7. The van der Waals surface area contributed by atoms with Crippen LogP contribution >= 0.6 is 0 Å². The van der Waals surface area contributed by atoms with Gasteiger partial charge in [-0.15, -0.1) is 0 Å². The number of carboxylic acids is 1. The number of fused-ring (bicyclic) bond motifs is 3. The molecule has 1 heterocycles. The van der Waals surface area contributed by atoms with Gasteiger partial charge in [-0.25, -0.2) is 4.79 Å². The Balaban J connectivity index is 0.000000755. The van der Waals surface area contributed by atoms with Crippen LogP contribution in [0, 0.1) is 0 Å². The molecule has 8 heteroatoms. The van der Waals surface area contributed by atoms with Crippen molar-refractivity contribution >= 4 is 18.3 Å². The van der Waals surface area contributed by atoms with Crippen molar-refractivity contribution in [3.8, 4) is 11.1 Å². The number of carbonyl (C=O) groups is 3. The van der Waals surface area contributed by atoms with Crippen molar-refractivity contribution in [2.75, 3.05) is 6.54 Å². The van der Waals surface area contributed by atoms with Crippen LogP contribution in [0.2, 0.25) is 0 Å². The lowest BCUT2D eigenvalue weighted by Gasteiger charge is -2.21. The second-order valence-electron chi connectivity index (χ2n) is 6.90. The Morgan fingerprint density at radius 1 is 1.17 bits per heavy atom. The van der Waals surface area contributed by atoms with Crippen molar-refractivity contribution in [2.45, 2.75) is 31.2 Å². The molecule has 29 heavy (non-hydrogen) atoms. The molecule has 1 atom stereocenters. The normalized spacial score (nSPS) is 18.3. The van der Waals surface area contributed by atoms with Gasteiger partial charge in [0, 0.05) is 17.7 Å². The molecule has 0 bridgehead atoms. The highest BCUT2D eigenvalue weighted by molar-refractivity contribution is 5.86. The molecule has 0 radical (unpaired) electrons. The first-order valence-electron chi connectivity index (χ1n) is 9.10. The fourth-order valence-electron chi connectivity index (χ4n) is 3.93. The molecule has 6 nitrogen and oxygen atoms in total. The summed E-state index contributed by atoms with van der Waals surface area (Å²) >= 11 is 0. The molecule has 1 aliphatic carbocycles. The zero-order valence-corrected chi connectivity index (χ0v) is 15.5. The highest BCUT2D eigenvalue weighted by Gasteiger charge is 2.44. The van der Waals surface area contributed by atoms with Crippen LogP contribution in [-0.4, -0.2) is 40.9 Å². The third-order valence-electron chi connectivity index (χ3n) is 5.19. The second kappa shape index (κ2) is 7.98. The van der Waals surface area contributed by atoms with Crippen molar-refractivity contribution in [1.29, 1.82) is 0 Å². The van der Waals surface area contributed by atoms with Gasteiger partial charge in [-0.1, -0.05) is 42.5 Å². The lowest BCUT2D eigenvalue weighted by atomic mass is 10.0. The van der Waals surface area contributed by atoms with Gasteiger partial charge in [0.05, 0.1) is 6.42 Å². The third-order valence-corrected chi connectivity index (χ3v) is 5.19. The van der Waals surface area contributed by atoms with Gasteiger partial charge in [0.2, 0.25) is 12.3 Å². The number of carbonyl (C=O) groups excluding carboxylic acids is 2. The molecule has 0 spiro atoms. The summed E-state index contributed by atoms with van der Waals surface area (Å²) in [5, 5.41) is 9.22. The van der Waals surface area contributed by atoms with Gasteiger partial charge in [0.25, 0.3) is 5.92 Å². The van der Waals surface area contributed by atoms with E-state index in [9.17, 15) is 23.5 Å². The Morgan fingerprint density at radius 2 is 1.83 bits per heavy atom. The monoisotopic (exact) mass is 402 g/mol. The van der Waals surface area contributed by atoms with Gasteiger partial charge in [-0.05, 0) is 29.5 Å². The van der Waals surface area contributed by atoms with Crippen molar-refractivity contribution in [3.63, 3.8) is 0 Å². The van der Waals surface area contributed by atoms with E-state index in [2.05, 4.69) is 5.73 Å². The van der Waals surface area contributed by atoms with E-state index < -0.39 is 17.9 Å². The number of carboxylic acid groups (broad SMARTS) is 1. The fourth-order valence-corrected chi connectivity index (χ4v) is 3.93. The minimum Gasteiger partial charge on any atom is -0.480 e. The van der Waals surface area contributed by atoms with E-state index in [1.807, 2.05) is 0 Å². The van der Waals surface area contributed by atoms with Crippen molar-refractivity contribution in [1.82, 2.24) is 4.90 Å². The molecule has 152 valence electrons. The van der Waals surface area contributed by atoms with Crippen LogP contribution in [0.15, 0.2) is 42.5 Å². The maximum absolute atomic E-state index is 14.6. The first kappa shape index (κ1) is 20.4. The molecular weight excluding hydrogens is 382 g/mol. The summed E-state index contributed by atoms with van der Waals surface area (Å²) in [6.45, 7) is 0.418. The van der Waals surface area contributed by atoms with E-state index in [1.165, 1.54) is 23.1 Å². The van der Waals surface area contributed by atoms with Gasteiger partial charge >= 0.3 is 5.97 Å².